The van der Waals surface area contributed by atoms with Crippen LogP contribution in [0.5, 0.6) is 0 Å². The fraction of sp³-hybridized carbons (Fsp3) is 0.143. The minimum absolute atomic E-state index is 0.848. The number of benzene rings is 2. The maximum atomic E-state index is 3.32. The van der Waals surface area contributed by atoms with Crippen molar-refractivity contribution >= 4 is 5.69 Å². The molecule has 2 rings (SSSR count). The van der Waals surface area contributed by atoms with E-state index in [-0.39, 0.29) is 0 Å². The Bertz CT molecular complexity index is 403. The average Bonchev–Trinajstić information content (AvgIpc) is 2.30. The van der Waals surface area contributed by atoms with Gasteiger partial charge in [0, 0.05) is 18.3 Å². The molecule has 1 N–H and O–H groups in total. The van der Waals surface area contributed by atoms with Crippen molar-refractivity contribution < 1.29 is 0 Å². The van der Waals surface area contributed by atoms with E-state index in [1.165, 1.54) is 11.1 Å². The van der Waals surface area contributed by atoms with Crippen LogP contribution in [-0.4, -0.2) is 0 Å². The van der Waals surface area contributed by atoms with Crippen molar-refractivity contribution in [2.75, 3.05) is 5.32 Å². The molecule has 0 aliphatic heterocycles. The number of para-hydroxylation sites is 1. The second-order valence-electron chi connectivity index (χ2n) is 3.62. The molecule has 0 saturated carbocycles. The van der Waals surface area contributed by atoms with Gasteiger partial charge in [0.1, 0.15) is 0 Å². The second-order valence-corrected chi connectivity index (χ2v) is 3.62. The van der Waals surface area contributed by atoms with Crippen LogP contribution >= 0.6 is 0 Å². The Morgan fingerprint density at radius 2 is 1.87 bits per heavy atom. The average molecular weight is 196 g/mol. The highest BCUT2D eigenvalue weighted by molar-refractivity contribution is 5.42. The smallest absolute Gasteiger partial charge is 0.0423 e. The Labute approximate surface area is 90.8 Å². The summed E-state index contributed by atoms with van der Waals surface area (Å²) in [5, 5.41) is 3.32. The molecule has 15 heavy (non-hydrogen) atoms. The normalized spacial score (nSPS) is 9.93. The van der Waals surface area contributed by atoms with Gasteiger partial charge < -0.3 is 5.32 Å². The molecule has 0 amide bonds. The molecule has 0 heterocycles. The maximum absolute atomic E-state index is 3.32. The van der Waals surface area contributed by atoms with Crippen LogP contribution in [0, 0.1) is 13.0 Å². The van der Waals surface area contributed by atoms with E-state index in [4.69, 9.17) is 0 Å². The van der Waals surface area contributed by atoms with Crippen molar-refractivity contribution in [3.8, 4) is 0 Å². The van der Waals surface area contributed by atoms with Gasteiger partial charge in [0.05, 0.1) is 0 Å². The zero-order chi connectivity index (χ0) is 10.5. The van der Waals surface area contributed by atoms with Crippen molar-refractivity contribution in [2.24, 2.45) is 0 Å². The quantitative estimate of drug-likeness (QED) is 0.793. The second kappa shape index (κ2) is 4.65. The van der Waals surface area contributed by atoms with E-state index in [1.807, 2.05) is 24.3 Å². The number of hydrogen-bond acceptors (Lipinski definition) is 1. The summed E-state index contributed by atoms with van der Waals surface area (Å²) in [5.41, 5.74) is 3.63. The number of anilines is 1. The van der Waals surface area contributed by atoms with Crippen molar-refractivity contribution in [1.82, 2.24) is 0 Å². The van der Waals surface area contributed by atoms with E-state index in [9.17, 15) is 0 Å². The minimum Gasteiger partial charge on any atom is -0.380 e. The van der Waals surface area contributed by atoms with Crippen LogP contribution in [0.15, 0.2) is 48.5 Å². The fourth-order valence-corrected chi connectivity index (χ4v) is 1.41. The summed E-state index contributed by atoms with van der Waals surface area (Å²) in [5.74, 6) is 0. The summed E-state index contributed by atoms with van der Waals surface area (Å²) in [7, 11) is 0. The van der Waals surface area contributed by atoms with E-state index in [2.05, 4.69) is 42.6 Å². The molecule has 1 heteroatoms. The molecule has 0 atom stereocenters. The van der Waals surface area contributed by atoms with Crippen molar-refractivity contribution in [1.29, 1.82) is 0 Å². The highest BCUT2D eigenvalue weighted by Gasteiger charge is 1.92. The van der Waals surface area contributed by atoms with E-state index >= 15 is 0 Å². The Morgan fingerprint density at radius 1 is 1.07 bits per heavy atom. The molecular weight excluding hydrogens is 182 g/mol. The Balaban J connectivity index is 1.96. The van der Waals surface area contributed by atoms with Crippen LogP contribution in [0.4, 0.5) is 5.69 Å². The molecule has 2 aromatic rings. The molecule has 0 aliphatic rings. The van der Waals surface area contributed by atoms with E-state index in [0.717, 1.165) is 12.2 Å². The van der Waals surface area contributed by atoms with Gasteiger partial charge >= 0.3 is 0 Å². The SMILES string of the molecule is Cc1ccc(CNc2[c]cccc2)cc1. The molecular formula is C14H14N. The largest absolute Gasteiger partial charge is 0.380 e. The molecule has 0 bridgehead atoms. The fourth-order valence-electron chi connectivity index (χ4n) is 1.41. The summed E-state index contributed by atoms with van der Waals surface area (Å²) in [6.07, 6.45) is 0. The van der Waals surface area contributed by atoms with Crippen molar-refractivity contribution in [2.45, 2.75) is 13.5 Å². The monoisotopic (exact) mass is 196 g/mol. The van der Waals surface area contributed by atoms with Crippen molar-refractivity contribution in [3.63, 3.8) is 0 Å². The van der Waals surface area contributed by atoms with Gasteiger partial charge in [-0.15, -0.1) is 0 Å². The molecule has 0 aliphatic carbocycles. The molecule has 75 valence electrons. The molecule has 0 unspecified atom stereocenters. The van der Waals surface area contributed by atoms with Gasteiger partial charge in [-0.3, -0.25) is 0 Å². The predicted molar refractivity (Wildman–Crippen MR) is 63.8 cm³/mol. The topological polar surface area (TPSA) is 12.0 Å². The zero-order valence-electron chi connectivity index (χ0n) is 8.83. The number of hydrogen-bond donors (Lipinski definition) is 1. The van der Waals surface area contributed by atoms with E-state index in [1.54, 1.807) is 0 Å². The molecule has 0 saturated heterocycles. The third-order valence-electron chi connectivity index (χ3n) is 2.31. The van der Waals surface area contributed by atoms with Crippen LogP contribution in [-0.2, 0) is 6.54 Å². The third-order valence-corrected chi connectivity index (χ3v) is 2.31. The van der Waals surface area contributed by atoms with Gasteiger partial charge in [0.15, 0.2) is 0 Å². The minimum atomic E-state index is 0.848. The summed E-state index contributed by atoms with van der Waals surface area (Å²) in [6, 6.07) is 19.6. The lowest BCUT2D eigenvalue weighted by Crippen LogP contribution is -1.98. The van der Waals surface area contributed by atoms with Crippen LogP contribution in [0.3, 0.4) is 0 Å². The first-order chi connectivity index (χ1) is 7.34. The first-order valence-corrected chi connectivity index (χ1v) is 5.11. The lowest BCUT2D eigenvalue weighted by molar-refractivity contribution is 1.14. The summed E-state index contributed by atoms with van der Waals surface area (Å²) >= 11 is 0. The molecule has 2 aromatic carbocycles. The van der Waals surface area contributed by atoms with Gasteiger partial charge in [0.25, 0.3) is 0 Å². The first-order valence-electron chi connectivity index (χ1n) is 5.11. The molecule has 1 nitrogen and oxygen atoms in total. The van der Waals surface area contributed by atoms with Gasteiger partial charge in [-0.05, 0) is 18.6 Å². The summed E-state index contributed by atoms with van der Waals surface area (Å²) in [4.78, 5) is 0. The summed E-state index contributed by atoms with van der Waals surface area (Å²) < 4.78 is 0. The highest BCUT2D eigenvalue weighted by Crippen LogP contribution is 2.08. The lowest BCUT2D eigenvalue weighted by atomic mass is 10.1. The van der Waals surface area contributed by atoms with E-state index < -0.39 is 0 Å². The van der Waals surface area contributed by atoms with Crippen LogP contribution in [0.1, 0.15) is 11.1 Å². The van der Waals surface area contributed by atoms with Gasteiger partial charge in [-0.2, -0.15) is 0 Å². The van der Waals surface area contributed by atoms with Crippen molar-refractivity contribution in [3.05, 3.63) is 65.7 Å². The molecule has 0 fully saturated rings. The maximum Gasteiger partial charge on any atom is 0.0423 e. The number of aryl methyl sites for hydroxylation is 1. The van der Waals surface area contributed by atoms with Gasteiger partial charge in [-0.1, -0.05) is 48.0 Å². The standard InChI is InChI=1S/C14H14N/c1-12-7-9-13(10-8-12)11-15-14-5-3-2-4-6-14/h2-5,7-10,15H,11H2,1H3. The lowest BCUT2D eigenvalue weighted by Gasteiger charge is -2.05. The molecule has 0 spiro atoms. The van der Waals surface area contributed by atoms with Gasteiger partial charge in [0.2, 0.25) is 0 Å². The Hall–Kier alpha value is -1.76. The number of rotatable bonds is 3. The first kappa shape index (κ1) is 9.78. The molecule has 1 radical (unpaired) electrons. The zero-order valence-corrected chi connectivity index (χ0v) is 8.83. The third kappa shape index (κ3) is 2.84. The Morgan fingerprint density at radius 3 is 2.53 bits per heavy atom. The van der Waals surface area contributed by atoms with Crippen LogP contribution in [0.25, 0.3) is 0 Å². The Kier molecular flexibility index (Phi) is 3.03. The van der Waals surface area contributed by atoms with Crippen LogP contribution < -0.4 is 5.32 Å². The van der Waals surface area contributed by atoms with E-state index in [0.29, 0.717) is 0 Å². The summed E-state index contributed by atoms with van der Waals surface area (Å²) in [6.45, 7) is 2.95. The number of nitrogens with one attached hydrogen (secondary N) is 1. The predicted octanol–water partition coefficient (Wildman–Crippen LogP) is 3.41. The van der Waals surface area contributed by atoms with Crippen LogP contribution in [0.2, 0.25) is 0 Å². The van der Waals surface area contributed by atoms with Gasteiger partial charge in [-0.25, -0.2) is 0 Å². The highest BCUT2D eigenvalue weighted by atomic mass is 14.9. The molecule has 0 aromatic heterocycles.